The van der Waals surface area contributed by atoms with Crippen LogP contribution in [0.15, 0.2) is 103 Å². The minimum absolute atomic E-state index is 0.308. The fourth-order valence-electron chi connectivity index (χ4n) is 6.98. The first-order valence-electron chi connectivity index (χ1n) is 17.7. The summed E-state index contributed by atoms with van der Waals surface area (Å²) in [6, 6.07) is 19.4. The molecular weight excluding hydrogens is 720 g/mol. The molecule has 0 spiro atoms. The van der Waals surface area contributed by atoms with E-state index in [2.05, 4.69) is 35.4 Å². The first kappa shape index (κ1) is 37.4. The van der Waals surface area contributed by atoms with Gasteiger partial charge in [-0.15, -0.1) is 5.10 Å². The van der Waals surface area contributed by atoms with Crippen LogP contribution in [0.1, 0.15) is 37.6 Å². The summed E-state index contributed by atoms with van der Waals surface area (Å²) in [5.74, 6) is -6.51. The molecule has 0 saturated carbocycles. The second kappa shape index (κ2) is 15.1. The third-order valence-electron chi connectivity index (χ3n) is 10.1. The van der Waals surface area contributed by atoms with Crippen LogP contribution in [0.25, 0.3) is 16.8 Å². The monoisotopic (exact) mass is 758 g/mol. The van der Waals surface area contributed by atoms with Gasteiger partial charge < -0.3 is 20.0 Å². The fourth-order valence-corrected chi connectivity index (χ4v) is 6.98. The van der Waals surface area contributed by atoms with Gasteiger partial charge in [0, 0.05) is 60.9 Å². The Hall–Kier alpha value is -5.94. The number of anilines is 2. The minimum Gasteiger partial charge on any atom is -0.391 e. The van der Waals surface area contributed by atoms with Gasteiger partial charge in [-0.2, -0.15) is 13.9 Å². The second-order valence-corrected chi connectivity index (χ2v) is 13.5. The van der Waals surface area contributed by atoms with E-state index in [1.807, 2.05) is 55.5 Å². The molecule has 0 bridgehead atoms. The normalized spacial score (nSPS) is 15.9. The van der Waals surface area contributed by atoms with E-state index in [0.717, 1.165) is 72.3 Å². The Morgan fingerprint density at radius 1 is 0.836 bits per heavy atom. The molecule has 0 aliphatic carbocycles. The number of piperazine rings is 1. The molecule has 3 aromatic heterocycles. The molecule has 0 radical (unpaired) electrons. The Balaban J connectivity index is 1.00. The van der Waals surface area contributed by atoms with Gasteiger partial charge in [-0.1, -0.05) is 25.1 Å². The third-order valence-corrected chi connectivity index (χ3v) is 10.1. The molecule has 6 aromatic rings. The molecule has 1 unspecified atom stereocenters. The maximum atomic E-state index is 16.2. The predicted molar refractivity (Wildman–Crippen MR) is 195 cm³/mol. The Bertz CT molecular complexity index is 2270. The van der Waals surface area contributed by atoms with Crippen LogP contribution < -0.4 is 15.5 Å². The van der Waals surface area contributed by atoms with Crippen molar-refractivity contribution in [3.05, 3.63) is 131 Å². The van der Waals surface area contributed by atoms with Crippen LogP contribution in [-0.2, 0) is 18.1 Å². The number of tetrazole rings is 1. The highest BCUT2D eigenvalue weighted by Gasteiger charge is 2.58. The Kier molecular flexibility index (Phi) is 10.2. The summed E-state index contributed by atoms with van der Waals surface area (Å²) in [4.78, 5) is 21.5. The van der Waals surface area contributed by atoms with Crippen molar-refractivity contribution in [1.82, 2.24) is 39.5 Å². The van der Waals surface area contributed by atoms with Crippen molar-refractivity contribution < 1.29 is 27.8 Å². The molecule has 17 heteroatoms. The number of rotatable bonds is 12. The number of halogens is 4. The number of aliphatic hydroxyl groups is 2. The Morgan fingerprint density at radius 3 is 2.00 bits per heavy atom. The number of aliphatic hydroxyl groups excluding tert-OH is 1. The van der Waals surface area contributed by atoms with Gasteiger partial charge in [0.1, 0.15) is 30.0 Å². The van der Waals surface area contributed by atoms with Crippen molar-refractivity contribution in [3.8, 4) is 16.8 Å². The highest BCUT2D eigenvalue weighted by molar-refractivity contribution is 5.66. The van der Waals surface area contributed by atoms with Crippen molar-refractivity contribution in [1.29, 1.82) is 0 Å². The summed E-state index contributed by atoms with van der Waals surface area (Å²) >= 11 is 0. The van der Waals surface area contributed by atoms with Gasteiger partial charge in [0.2, 0.25) is 0 Å². The van der Waals surface area contributed by atoms with Crippen LogP contribution in [0.5, 0.6) is 0 Å². The molecule has 1 fully saturated rings. The molecule has 1 aliphatic heterocycles. The van der Waals surface area contributed by atoms with Crippen LogP contribution in [-0.4, -0.2) is 82.0 Å². The number of benzene rings is 3. The minimum atomic E-state index is -4.16. The van der Waals surface area contributed by atoms with Crippen molar-refractivity contribution in [2.75, 3.05) is 36.0 Å². The average Bonchev–Trinajstić information content (AvgIpc) is 3.84. The van der Waals surface area contributed by atoms with Gasteiger partial charge in [0.05, 0.1) is 24.4 Å². The predicted octanol–water partition coefficient (Wildman–Crippen LogP) is 4.70. The van der Waals surface area contributed by atoms with Crippen LogP contribution in [0.3, 0.4) is 0 Å². The van der Waals surface area contributed by atoms with Crippen LogP contribution >= 0.6 is 0 Å². The van der Waals surface area contributed by atoms with E-state index in [9.17, 15) is 23.8 Å². The number of hydrogen-bond donors (Lipinski definition) is 2. The van der Waals surface area contributed by atoms with E-state index < -0.39 is 53.1 Å². The van der Waals surface area contributed by atoms with E-state index >= 15 is 8.78 Å². The molecule has 55 heavy (non-hydrogen) atoms. The maximum absolute atomic E-state index is 16.2. The molecule has 2 N–H and O–H groups in total. The summed E-state index contributed by atoms with van der Waals surface area (Å²) in [5.41, 5.74) is -1.25. The molecular formula is C38H38F4N10O3. The summed E-state index contributed by atoms with van der Waals surface area (Å²) < 4.78 is 64.5. The fraction of sp³-hybridized carbons (Fsp3) is 0.316. The highest BCUT2D eigenvalue weighted by atomic mass is 19.3. The lowest BCUT2D eigenvalue weighted by Gasteiger charge is -2.37. The molecule has 286 valence electrons. The topological polar surface area (TPSA) is 143 Å². The summed E-state index contributed by atoms with van der Waals surface area (Å²) in [5, 5.41) is 36.0. The van der Waals surface area contributed by atoms with Crippen LogP contribution in [0, 0.1) is 11.6 Å². The van der Waals surface area contributed by atoms with Gasteiger partial charge in [-0.25, -0.2) is 27.5 Å². The van der Waals surface area contributed by atoms with Crippen molar-refractivity contribution in [2.24, 2.45) is 0 Å². The lowest BCUT2D eigenvalue weighted by Crippen LogP contribution is -2.48. The first-order valence-corrected chi connectivity index (χ1v) is 17.7. The van der Waals surface area contributed by atoms with Gasteiger partial charge in [0.25, 0.3) is 0 Å². The lowest BCUT2D eigenvalue weighted by atomic mass is 9.84. The maximum Gasteiger partial charge on any atom is 0.350 e. The smallest absolute Gasteiger partial charge is 0.350 e. The van der Waals surface area contributed by atoms with Gasteiger partial charge >= 0.3 is 11.6 Å². The molecule has 0 amide bonds. The number of pyridine rings is 1. The zero-order valence-corrected chi connectivity index (χ0v) is 29.9. The van der Waals surface area contributed by atoms with Gasteiger partial charge in [0.15, 0.2) is 5.60 Å². The highest BCUT2D eigenvalue weighted by Crippen LogP contribution is 2.47. The number of hydrogen-bond acceptors (Lipinski definition) is 10. The lowest BCUT2D eigenvalue weighted by molar-refractivity contribution is -0.207. The summed E-state index contributed by atoms with van der Waals surface area (Å²) in [6.07, 6.45) is 3.58. The summed E-state index contributed by atoms with van der Waals surface area (Å²) in [6.45, 7) is 5.61. The van der Waals surface area contributed by atoms with Crippen LogP contribution in [0.2, 0.25) is 0 Å². The van der Waals surface area contributed by atoms with Crippen molar-refractivity contribution in [3.63, 3.8) is 0 Å². The Morgan fingerprint density at radius 2 is 1.45 bits per heavy atom. The first-order chi connectivity index (χ1) is 26.4. The molecule has 7 rings (SSSR count). The third kappa shape index (κ3) is 7.19. The van der Waals surface area contributed by atoms with Gasteiger partial charge in [-0.3, -0.25) is 4.98 Å². The average molecular weight is 759 g/mol. The second-order valence-electron chi connectivity index (χ2n) is 13.5. The summed E-state index contributed by atoms with van der Waals surface area (Å²) in [7, 11) is 0. The molecule has 3 aromatic carbocycles. The van der Waals surface area contributed by atoms with E-state index in [0.29, 0.717) is 23.7 Å². The zero-order chi connectivity index (χ0) is 38.9. The van der Waals surface area contributed by atoms with Crippen molar-refractivity contribution >= 4 is 11.4 Å². The van der Waals surface area contributed by atoms with Gasteiger partial charge in [-0.05, 0) is 83.9 Å². The number of nitrogens with zero attached hydrogens (tertiary/aromatic N) is 10. The Labute approximate surface area is 312 Å². The largest absolute Gasteiger partial charge is 0.391 e. The molecule has 1 aliphatic rings. The number of alkyl halides is 2. The van der Waals surface area contributed by atoms with Crippen LogP contribution in [0.4, 0.5) is 28.9 Å². The number of aromatic nitrogens is 8. The zero-order valence-electron chi connectivity index (χ0n) is 29.9. The van der Waals surface area contributed by atoms with E-state index in [1.54, 1.807) is 6.92 Å². The molecule has 4 heterocycles. The van der Waals surface area contributed by atoms with Crippen molar-refractivity contribution in [2.45, 2.75) is 50.5 Å². The van der Waals surface area contributed by atoms with E-state index in [4.69, 9.17) is 0 Å². The molecule has 3 atom stereocenters. The molecule has 13 nitrogen and oxygen atoms in total. The van der Waals surface area contributed by atoms with E-state index in [-0.39, 0.29) is 5.69 Å². The SMILES string of the molecule is CC[C@@H]([C@H](C)O)n1ncn(-c2ccc(N3CCN(c4ccc(-c5ccc(C(F)(F)C(O)(Cn6cnnn6)c6ccc(F)cc6F)nc5)cc4)CC3)cc2)c1=O. The van der Waals surface area contributed by atoms with E-state index in [1.165, 1.54) is 27.8 Å². The standard InChI is InChI=1S/C38H38F4N10O3/c1-3-34(25(2)53)52-36(54)51(24-45-52)31-12-10-30(11-13-31)49-18-16-48(17-19-49)29-8-4-26(5-9-29)27-6-15-35(43-21-27)38(41,42)37(55,22-50-23-44-46-47-50)32-14-7-28(39)20-33(32)40/h4-15,20-21,23-25,34,53,55H,3,16-19,22H2,1-2H3/t25-,34-,37?/m0/s1. The quantitative estimate of drug-likeness (QED) is 0.169. The molecule has 1 saturated heterocycles.